The summed E-state index contributed by atoms with van der Waals surface area (Å²) in [6, 6.07) is 14.4. The first-order valence-electron chi connectivity index (χ1n) is 9.38. The van der Waals surface area contributed by atoms with E-state index in [0.29, 0.717) is 0 Å². The number of fused-ring (bicyclic) bond motifs is 1. The first kappa shape index (κ1) is 17.1. The minimum absolute atomic E-state index is 0.121. The maximum Gasteiger partial charge on any atom is 0.145 e. The lowest BCUT2D eigenvalue weighted by Crippen LogP contribution is -2.08. The number of aromatic nitrogens is 6. The zero-order valence-corrected chi connectivity index (χ0v) is 15.8. The summed E-state index contributed by atoms with van der Waals surface area (Å²) in [7, 11) is 0. The van der Waals surface area contributed by atoms with Crippen molar-refractivity contribution >= 4 is 11.5 Å². The number of H-pyrrole nitrogens is 1. The highest BCUT2D eigenvalue weighted by Crippen LogP contribution is 2.25. The van der Waals surface area contributed by atoms with Gasteiger partial charge in [0, 0.05) is 29.6 Å². The molecule has 4 heterocycles. The van der Waals surface area contributed by atoms with E-state index in [0.717, 1.165) is 34.0 Å². The van der Waals surface area contributed by atoms with Crippen LogP contribution >= 0.6 is 0 Å². The minimum atomic E-state index is 0.121. The van der Waals surface area contributed by atoms with Gasteiger partial charge in [0.2, 0.25) is 0 Å². The van der Waals surface area contributed by atoms with Gasteiger partial charge in [0.05, 0.1) is 30.5 Å². The Kier molecular flexibility index (Phi) is 4.25. The quantitative estimate of drug-likeness (QED) is 0.473. The Hall–Kier alpha value is -4.00. The maximum atomic E-state index is 4.77. The zero-order valence-electron chi connectivity index (χ0n) is 15.8. The van der Waals surface area contributed by atoms with Crippen molar-refractivity contribution in [2.75, 3.05) is 5.32 Å². The lowest BCUT2D eigenvalue weighted by Gasteiger charge is -2.15. The molecule has 7 nitrogen and oxygen atoms in total. The van der Waals surface area contributed by atoms with E-state index in [1.54, 1.807) is 18.6 Å². The van der Waals surface area contributed by atoms with Crippen LogP contribution in [0.2, 0.25) is 0 Å². The van der Waals surface area contributed by atoms with Gasteiger partial charge < -0.3 is 5.32 Å². The van der Waals surface area contributed by atoms with Crippen molar-refractivity contribution in [1.82, 2.24) is 29.5 Å². The van der Waals surface area contributed by atoms with Crippen LogP contribution in [0.3, 0.4) is 0 Å². The van der Waals surface area contributed by atoms with E-state index < -0.39 is 0 Å². The van der Waals surface area contributed by atoms with Crippen molar-refractivity contribution in [3.05, 3.63) is 85.2 Å². The van der Waals surface area contributed by atoms with E-state index in [9.17, 15) is 0 Å². The molecule has 0 unspecified atom stereocenters. The molecule has 0 amide bonds. The van der Waals surface area contributed by atoms with E-state index in [-0.39, 0.29) is 6.04 Å². The van der Waals surface area contributed by atoms with Gasteiger partial charge in [0.25, 0.3) is 0 Å². The normalized spacial score (nSPS) is 12.2. The summed E-state index contributed by atoms with van der Waals surface area (Å²) in [6.45, 7) is 2.11. The highest BCUT2D eigenvalue weighted by molar-refractivity contribution is 5.67. The molecule has 0 aliphatic rings. The van der Waals surface area contributed by atoms with E-state index in [1.165, 1.54) is 5.56 Å². The van der Waals surface area contributed by atoms with Crippen molar-refractivity contribution in [3.8, 4) is 22.5 Å². The third kappa shape index (κ3) is 3.34. The molecule has 0 bridgehead atoms. The van der Waals surface area contributed by atoms with Gasteiger partial charge in [-0.1, -0.05) is 30.3 Å². The van der Waals surface area contributed by atoms with Crippen LogP contribution in [-0.4, -0.2) is 29.5 Å². The molecule has 5 rings (SSSR count). The zero-order chi connectivity index (χ0) is 19.6. The first-order chi connectivity index (χ1) is 14.3. The smallest absolute Gasteiger partial charge is 0.145 e. The van der Waals surface area contributed by atoms with Crippen LogP contribution in [0.15, 0.2) is 79.6 Å². The molecule has 2 N–H and O–H groups in total. The number of imidazole rings is 1. The van der Waals surface area contributed by atoms with E-state index >= 15 is 0 Å². The van der Waals surface area contributed by atoms with Gasteiger partial charge >= 0.3 is 0 Å². The van der Waals surface area contributed by atoms with Gasteiger partial charge in [0.1, 0.15) is 17.2 Å². The second kappa shape index (κ2) is 7.20. The average molecular weight is 381 g/mol. The van der Waals surface area contributed by atoms with Crippen molar-refractivity contribution in [2.24, 2.45) is 0 Å². The Morgan fingerprint density at radius 1 is 0.966 bits per heavy atom. The van der Waals surface area contributed by atoms with Crippen LogP contribution in [0.25, 0.3) is 28.2 Å². The molecule has 0 radical (unpaired) electrons. The summed E-state index contributed by atoms with van der Waals surface area (Å²) in [5, 5.41) is 10.3. The van der Waals surface area contributed by atoms with Gasteiger partial charge in [0.15, 0.2) is 0 Å². The molecule has 0 saturated carbocycles. The highest BCUT2D eigenvalue weighted by Gasteiger charge is 2.12. The number of aromatic amines is 1. The van der Waals surface area contributed by atoms with Crippen LogP contribution in [-0.2, 0) is 0 Å². The van der Waals surface area contributed by atoms with Crippen LogP contribution in [0.4, 0.5) is 5.82 Å². The van der Waals surface area contributed by atoms with Crippen molar-refractivity contribution in [3.63, 3.8) is 0 Å². The molecule has 0 aliphatic carbocycles. The van der Waals surface area contributed by atoms with Gasteiger partial charge in [-0.25, -0.2) is 9.97 Å². The Morgan fingerprint density at radius 2 is 1.86 bits per heavy atom. The summed E-state index contributed by atoms with van der Waals surface area (Å²) >= 11 is 0. The SMILES string of the molecule is C[C@H](Nc1cncc(-c2cnc3ccc(-c4cn[nH]c4)cn23)n1)c1ccccc1. The molecular formula is C22H19N7. The Bertz CT molecular complexity index is 1240. The van der Waals surface area contributed by atoms with Crippen molar-refractivity contribution in [2.45, 2.75) is 13.0 Å². The fourth-order valence-electron chi connectivity index (χ4n) is 3.36. The number of nitrogens with one attached hydrogen (secondary N) is 2. The Labute approximate surface area is 167 Å². The molecule has 1 atom stereocenters. The number of anilines is 1. The molecule has 29 heavy (non-hydrogen) atoms. The minimum Gasteiger partial charge on any atom is -0.362 e. The van der Waals surface area contributed by atoms with Crippen LogP contribution < -0.4 is 5.32 Å². The lowest BCUT2D eigenvalue weighted by molar-refractivity contribution is 0.871. The van der Waals surface area contributed by atoms with Crippen molar-refractivity contribution < 1.29 is 0 Å². The second-order valence-electron chi connectivity index (χ2n) is 6.84. The molecule has 0 fully saturated rings. The summed E-state index contributed by atoms with van der Waals surface area (Å²) in [4.78, 5) is 13.7. The molecule has 0 spiro atoms. The van der Waals surface area contributed by atoms with Gasteiger partial charge in [-0.3, -0.25) is 14.5 Å². The predicted molar refractivity (Wildman–Crippen MR) is 112 cm³/mol. The number of benzene rings is 1. The van der Waals surface area contributed by atoms with Crippen LogP contribution in [0, 0.1) is 0 Å². The molecule has 0 aliphatic heterocycles. The third-order valence-corrected chi connectivity index (χ3v) is 4.90. The second-order valence-corrected chi connectivity index (χ2v) is 6.84. The first-order valence-corrected chi connectivity index (χ1v) is 9.38. The fraction of sp³-hybridized carbons (Fsp3) is 0.0909. The van der Waals surface area contributed by atoms with E-state index in [1.807, 2.05) is 53.3 Å². The van der Waals surface area contributed by atoms with Crippen LogP contribution in [0.1, 0.15) is 18.5 Å². The molecule has 5 aromatic rings. The van der Waals surface area contributed by atoms with Crippen LogP contribution in [0.5, 0.6) is 0 Å². The molecule has 7 heteroatoms. The number of hydrogen-bond acceptors (Lipinski definition) is 5. The third-order valence-electron chi connectivity index (χ3n) is 4.90. The van der Waals surface area contributed by atoms with Gasteiger partial charge in [-0.2, -0.15) is 5.10 Å². The molecule has 4 aromatic heterocycles. The average Bonchev–Trinajstić information content (AvgIpc) is 3.44. The molecule has 142 valence electrons. The summed E-state index contributed by atoms with van der Waals surface area (Å²) in [5.74, 6) is 0.722. The standard InChI is InChI=1S/C22H19N7/c1-15(16-5-3-2-4-6-16)27-21-13-23-11-19(28-21)20-12-24-22-8-7-17(14-29(20)22)18-9-25-26-10-18/h2-15H,1H3,(H,25,26)(H,27,28)/t15-/m0/s1. The van der Waals surface area contributed by atoms with Gasteiger partial charge in [-0.15, -0.1) is 0 Å². The molecule has 0 saturated heterocycles. The summed E-state index contributed by atoms with van der Waals surface area (Å²) in [6.07, 6.45) is 11.0. The largest absolute Gasteiger partial charge is 0.362 e. The Balaban J connectivity index is 1.49. The lowest BCUT2D eigenvalue weighted by atomic mass is 10.1. The summed E-state index contributed by atoms with van der Waals surface area (Å²) in [5.41, 5.74) is 5.75. The van der Waals surface area contributed by atoms with Crippen molar-refractivity contribution in [1.29, 1.82) is 0 Å². The number of pyridine rings is 1. The predicted octanol–water partition coefficient (Wildman–Crippen LogP) is 4.35. The molecular weight excluding hydrogens is 362 g/mol. The number of rotatable bonds is 5. The highest BCUT2D eigenvalue weighted by atomic mass is 15.1. The maximum absolute atomic E-state index is 4.77. The topological polar surface area (TPSA) is 83.8 Å². The van der Waals surface area contributed by atoms with E-state index in [4.69, 9.17) is 4.98 Å². The summed E-state index contributed by atoms with van der Waals surface area (Å²) < 4.78 is 2.02. The Morgan fingerprint density at radius 3 is 2.69 bits per heavy atom. The molecule has 1 aromatic carbocycles. The number of hydrogen-bond donors (Lipinski definition) is 2. The number of nitrogens with zero attached hydrogens (tertiary/aromatic N) is 5. The fourth-order valence-corrected chi connectivity index (χ4v) is 3.36. The van der Waals surface area contributed by atoms with Gasteiger partial charge in [-0.05, 0) is 24.6 Å². The monoisotopic (exact) mass is 381 g/mol. The van der Waals surface area contributed by atoms with E-state index in [2.05, 4.69) is 44.5 Å².